The molecule has 0 aromatic heterocycles. The number of anilines is 1. The zero-order valence-corrected chi connectivity index (χ0v) is 8.48. The highest BCUT2D eigenvalue weighted by Gasteiger charge is 2.05. The Morgan fingerprint density at radius 3 is 2.27 bits per heavy atom. The fourth-order valence-corrected chi connectivity index (χ4v) is 1.72. The molecular formula is C13H14N2. The summed E-state index contributed by atoms with van der Waals surface area (Å²) >= 11 is 0. The molecule has 76 valence electrons. The summed E-state index contributed by atoms with van der Waals surface area (Å²) in [5, 5.41) is 0. The lowest BCUT2D eigenvalue weighted by atomic mass is 9.98. The van der Waals surface area contributed by atoms with E-state index in [1.807, 2.05) is 36.4 Å². The Balaban J connectivity index is 2.58. The largest absolute Gasteiger partial charge is 0.398 e. The lowest BCUT2D eigenvalue weighted by Crippen LogP contribution is -2.03. The molecule has 0 amide bonds. The van der Waals surface area contributed by atoms with Crippen molar-refractivity contribution in [2.75, 3.05) is 5.73 Å². The molecule has 0 unspecified atom stereocenters. The van der Waals surface area contributed by atoms with Crippen molar-refractivity contribution in [3.8, 4) is 11.1 Å². The van der Waals surface area contributed by atoms with Gasteiger partial charge in [-0.25, -0.2) is 0 Å². The van der Waals surface area contributed by atoms with Gasteiger partial charge in [0.15, 0.2) is 0 Å². The molecule has 0 aliphatic carbocycles. The second kappa shape index (κ2) is 4.15. The smallest absolute Gasteiger partial charge is 0.0365 e. The molecule has 4 N–H and O–H groups in total. The van der Waals surface area contributed by atoms with E-state index < -0.39 is 0 Å². The van der Waals surface area contributed by atoms with Crippen LogP contribution in [-0.4, -0.2) is 0 Å². The first-order valence-electron chi connectivity index (χ1n) is 4.96. The predicted molar refractivity (Wildman–Crippen MR) is 64.2 cm³/mol. The van der Waals surface area contributed by atoms with Crippen molar-refractivity contribution in [2.45, 2.75) is 6.54 Å². The highest BCUT2D eigenvalue weighted by atomic mass is 14.6. The molecule has 2 heteroatoms. The first-order chi connectivity index (χ1) is 7.33. The van der Waals surface area contributed by atoms with Gasteiger partial charge in [-0.3, -0.25) is 0 Å². The Bertz CT molecular complexity index is 449. The molecule has 0 saturated carbocycles. The van der Waals surface area contributed by atoms with Crippen LogP contribution < -0.4 is 11.5 Å². The quantitative estimate of drug-likeness (QED) is 0.728. The fraction of sp³-hybridized carbons (Fsp3) is 0.0769. The number of benzene rings is 2. The molecule has 0 aliphatic heterocycles. The summed E-state index contributed by atoms with van der Waals surface area (Å²) in [5.41, 5.74) is 15.7. The Morgan fingerprint density at radius 1 is 0.867 bits per heavy atom. The molecule has 2 rings (SSSR count). The minimum absolute atomic E-state index is 0.469. The van der Waals surface area contributed by atoms with E-state index >= 15 is 0 Å². The Labute approximate surface area is 89.5 Å². The average Bonchev–Trinajstić information content (AvgIpc) is 2.30. The van der Waals surface area contributed by atoms with Crippen LogP contribution in [0.1, 0.15) is 5.56 Å². The SMILES string of the molecule is NCc1c(N)cccc1-c1ccccc1. The summed E-state index contributed by atoms with van der Waals surface area (Å²) in [6.45, 7) is 0.469. The van der Waals surface area contributed by atoms with E-state index in [1.54, 1.807) is 0 Å². The van der Waals surface area contributed by atoms with Gasteiger partial charge < -0.3 is 11.5 Å². The monoisotopic (exact) mass is 198 g/mol. The summed E-state index contributed by atoms with van der Waals surface area (Å²) < 4.78 is 0. The van der Waals surface area contributed by atoms with Gasteiger partial charge in [0.25, 0.3) is 0 Å². The summed E-state index contributed by atoms with van der Waals surface area (Å²) in [5.74, 6) is 0. The number of nitrogen functional groups attached to an aromatic ring is 1. The van der Waals surface area contributed by atoms with E-state index in [9.17, 15) is 0 Å². The van der Waals surface area contributed by atoms with Crippen LogP contribution in [0.4, 0.5) is 5.69 Å². The number of hydrogen-bond acceptors (Lipinski definition) is 2. The average molecular weight is 198 g/mol. The van der Waals surface area contributed by atoms with Crippen molar-refractivity contribution in [1.29, 1.82) is 0 Å². The van der Waals surface area contributed by atoms with Crippen molar-refractivity contribution in [3.63, 3.8) is 0 Å². The number of nitrogens with two attached hydrogens (primary N) is 2. The highest BCUT2D eigenvalue weighted by Crippen LogP contribution is 2.26. The van der Waals surface area contributed by atoms with Crippen LogP contribution in [0.15, 0.2) is 48.5 Å². The maximum Gasteiger partial charge on any atom is 0.0365 e. The minimum atomic E-state index is 0.469. The molecule has 15 heavy (non-hydrogen) atoms. The second-order valence-corrected chi connectivity index (χ2v) is 3.44. The first-order valence-corrected chi connectivity index (χ1v) is 4.96. The van der Waals surface area contributed by atoms with E-state index in [-0.39, 0.29) is 0 Å². The van der Waals surface area contributed by atoms with Crippen LogP contribution in [-0.2, 0) is 6.54 Å². The number of rotatable bonds is 2. The third-order valence-corrected chi connectivity index (χ3v) is 2.50. The molecule has 0 saturated heterocycles. The van der Waals surface area contributed by atoms with Crippen LogP contribution in [0.2, 0.25) is 0 Å². The van der Waals surface area contributed by atoms with Crippen molar-refractivity contribution in [2.24, 2.45) is 5.73 Å². The molecule has 2 aromatic rings. The molecule has 0 radical (unpaired) electrons. The van der Waals surface area contributed by atoms with Gasteiger partial charge in [0.05, 0.1) is 0 Å². The van der Waals surface area contributed by atoms with Gasteiger partial charge in [-0.05, 0) is 22.8 Å². The normalized spacial score (nSPS) is 10.2. The lowest BCUT2D eigenvalue weighted by molar-refractivity contribution is 1.08. The molecule has 0 spiro atoms. The van der Waals surface area contributed by atoms with Gasteiger partial charge in [-0.15, -0.1) is 0 Å². The molecule has 2 nitrogen and oxygen atoms in total. The predicted octanol–water partition coefficient (Wildman–Crippen LogP) is 2.39. The lowest BCUT2D eigenvalue weighted by Gasteiger charge is -2.10. The standard InChI is InChI=1S/C13H14N2/c14-9-12-11(7-4-8-13(12)15)10-5-2-1-3-6-10/h1-8H,9,14-15H2. The van der Waals surface area contributed by atoms with Crippen LogP contribution in [0.3, 0.4) is 0 Å². The van der Waals surface area contributed by atoms with E-state index in [0.29, 0.717) is 6.54 Å². The maximum atomic E-state index is 5.89. The summed E-state index contributed by atoms with van der Waals surface area (Å²) in [6.07, 6.45) is 0. The van der Waals surface area contributed by atoms with Gasteiger partial charge in [0, 0.05) is 12.2 Å². The maximum absolute atomic E-state index is 5.89. The Morgan fingerprint density at radius 2 is 1.60 bits per heavy atom. The molecular weight excluding hydrogens is 184 g/mol. The zero-order chi connectivity index (χ0) is 10.7. The van der Waals surface area contributed by atoms with Gasteiger partial charge >= 0.3 is 0 Å². The Kier molecular flexibility index (Phi) is 2.70. The topological polar surface area (TPSA) is 52.0 Å². The zero-order valence-electron chi connectivity index (χ0n) is 8.48. The third kappa shape index (κ3) is 1.85. The molecule has 0 fully saturated rings. The van der Waals surface area contributed by atoms with E-state index in [4.69, 9.17) is 11.5 Å². The molecule has 0 bridgehead atoms. The van der Waals surface area contributed by atoms with Crippen molar-refractivity contribution in [3.05, 3.63) is 54.1 Å². The van der Waals surface area contributed by atoms with Crippen LogP contribution in [0.25, 0.3) is 11.1 Å². The molecule has 0 heterocycles. The molecule has 0 atom stereocenters. The van der Waals surface area contributed by atoms with Crippen molar-refractivity contribution >= 4 is 5.69 Å². The van der Waals surface area contributed by atoms with E-state index in [1.165, 1.54) is 0 Å². The van der Waals surface area contributed by atoms with Crippen LogP contribution in [0.5, 0.6) is 0 Å². The summed E-state index contributed by atoms with van der Waals surface area (Å²) in [4.78, 5) is 0. The van der Waals surface area contributed by atoms with Gasteiger partial charge in [-0.2, -0.15) is 0 Å². The van der Waals surface area contributed by atoms with Gasteiger partial charge in [-0.1, -0.05) is 42.5 Å². The van der Waals surface area contributed by atoms with Crippen LogP contribution in [0, 0.1) is 0 Å². The first kappa shape index (κ1) is 9.74. The highest BCUT2D eigenvalue weighted by molar-refractivity contribution is 5.72. The van der Waals surface area contributed by atoms with Crippen molar-refractivity contribution in [1.82, 2.24) is 0 Å². The van der Waals surface area contributed by atoms with E-state index in [2.05, 4.69) is 12.1 Å². The van der Waals surface area contributed by atoms with Gasteiger partial charge in [0.2, 0.25) is 0 Å². The summed E-state index contributed by atoms with van der Waals surface area (Å²) in [6, 6.07) is 16.0. The van der Waals surface area contributed by atoms with Crippen LogP contribution >= 0.6 is 0 Å². The number of hydrogen-bond donors (Lipinski definition) is 2. The van der Waals surface area contributed by atoms with Gasteiger partial charge in [0.1, 0.15) is 0 Å². The molecule has 2 aromatic carbocycles. The Hall–Kier alpha value is -1.80. The molecule has 0 aliphatic rings. The van der Waals surface area contributed by atoms with E-state index in [0.717, 1.165) is 22.4 Å². The summed E-state index contributed by atoms with van der Waals surface area (Å²) in [7, 11) is 0. The fourth-order valence-electron chi connectivity index (χ4n) is 1.72. The van der Waals surface area contributed by atoms with Crippen molar-refractivity contribution < 1.29 is 0 Å². The second-order valence-electron chi connectivity index (χ2n) is 3.44. The minimum Gasteiger partial charge on any atom is -0.398 e. The third-order valence-electron chi connectivity index (χ3n) is 2.50.